The third kappa shape index (κ3) is 1.96. The second-order valence-electron chi connectivity index (χ2n) is 6.26. The molecule has 5 rings (SSSR count). The predicted molar refractivity (Wildman–Crippen MR) is 81.9 cm³/mol. The summed E-state index contributed by atoms with van der Waals surface area (Å²) in [6, 6.07) is 20.6. The number of fused-ring (bicyclic) bond motifs is 3. The molecular formula is C18H19NO2. The highest BCUT2D eigenvalue weighted by Gasteiger charge is 2.55. The van der Waals surface area contributed by atoms with Crippen molar-refractivity contribution >= 4 is 5.69 Å². The number of hydrogen-bond donors (Lipinski definition) is 0. The number of para-hydroxylation sites is 1. The molecule has 0 aromatic heterocycles. The number of nitrogens with zero attached hydrogens (tertiary/aromatic N) is 1. The van der Waals surface area contributed by atoms with Crippen molar-refractivity contribution in [2.24, 2.45) is 5.41 Å². The molecule has 3 saturated heterocycles. The summed E-state index contributed by atoms with van der Waals surface area (Å²) in [5, 5.41) is 0. The van der Waals surface area contributed by atoms with E-state index in [2.05, 4.69) is 48.2 Å². The Morgan fingerprint density at radius 3 is 2.05 bits per heavy atom. The minimum atomic E-state index is -0.791. The van der Waals surface area contributed by atoms with Crippen molar-refractivity contribution in [3.05, 3.63) is 66.2 Å². The number of ether oxygens (including phenoxy) is 2. The molecule has 3 aliphatic heterocycles. The Morgan fingerprint density at radius 2 is 1.43 bits per heavy atom. The van der Waals surface area contributed by atoms with Gasteiger partial charge in [-0.2, -0.15) is 0 Å². The second-order valence-corrected chi connectivity index (χ2v) is 6.26. The Bertz CT molecular complexity index is 618. The lowest BCUT2D eigenvalue weighted by molar-refractivity contribution is -0.336. The third-order valence-electron chi connectivity index (χ3n) is 4.33. The molecule has 2 aromatic carbocycles. The summed E-state index contributed by atoms with van der Waals surface area (Å²) in [6.45, 7) is 4.61. The van der Waals surface area contributed by atoms with Gasteiger partial charge in [0, 0.05) is 23.2 Å². The molecule has 0 unspecified atom stereocenters. The topological polar surface area (TPSA) is 21.7 Å². The highest BCUT2D eigenvalue weighted by atomic mass is 16.7. The minimum Gasteiger partial charge on any atom is -0.328 e. The maximum Gasteiger partial charge on any atom is 0.280 e. The molecule has 3 heterocycles. The lowest BCUT2D eigenvalue weighted by Crippen LogP contribution is -2.66. The fourth-order valence-corrected chi connectivity index (χ4v) is 3.20. The van der Waals surface area contributed by atoms with Crippen LogP contribution in [0.3, 0.4) is 0 Å². The van der Waals surface area contributed by atoms with Gasteiger partial charge in [-0.05, 0) is 12.1 Å². The molecule has 108 valence electrons. The fraction of sp³-hybridized carbons (Fsp3) is 0.333. The molecule has 0 saturated carbocycles. The predicted octanol–water partition coefficient (Wildman–Crippen LogP) is 3.37. The molecule has 2 aromatic rings. The van der Waals surface area contributed by atoms with Gasteiger partial charge in [-0.25, -0.2) is 0 Å². The van der Waals surface area contributed by atoms with E-state index in [4.69, 9.17) is 9.47 Å². The van der Waals surface area contributed by atoms with Gasteiger partial charge < -0.3 is 14.4 Å². The molecule has 3 aliphatic rings. The van der Waals surface area contributed by atoms with Gasteiger partial charge in [0.2, 0.25) is 0 Å². The van der Waals surface area contributed by atoms with Crippen molar-refractivity contribution in [3.8, 4) is 0 Å². The molecule has 0 radical (unpaired) electrons. The van der Waals surface area contributed by atoms with Gasteiger partial charge in [0.1, 0.15) is 0 Å². The molecule has 0 atom stereocenters. The van der Waals surface area contributed by atoms with Crippen LogP contribution in [0.1, 0.15) is 12.5 Å². The first kappa shape index (κ1) is 12.9. The summed E-state index contributed by atoms with van der Waals surface area (Å²) in [4.78, 5) is 2.25. The first-order valence-corrected chi connectivity index (χ1v) is 7.38. The van der Waals surface area contributed by atoms with E-state index < -0.39 is 5.91 Å². The van der Waals surface area contributed by atoms with E-state index in [0.717, 1.165) is 31.0 Å². The van der Waals surface area contributed by atoms with Crippen LogP contribution < -0.4 is 4.90 Å². The van der Waals surface area contributed by atoms with Gasteiger partial charge in [-0.3, -0.25) is 0 Å². The van der Waals surface area contributed by atoms with Crippen LogP contribution in [-0.4, -0.2) is 19.8 Å². The SMILES string of the molecule is CC12COC(c3ccccc3)(OC1)N(c1ccccc1)C2. The van der Waals surface area contributed by atoms with Gasteiger partial charge in [0.15, 0.2) is 0 Å². The standard InChI is InChI=1S/C18H19NO2/c1-17-12-19(16-10-6-3-7-11-16)18(20-13-17,21-14-17)15-8-4-2-5-9-15/h2-11H,12-14H2,1H3. The zero-order valence-electron chi connectivity index (χ0n) is 12.2. The molecule has 21 heavy (non-hydrogen) atoms. The smallest absolute Gasteiger partial charge is 0.280 e. The molecule has 0 aliphatic carbocycles. The maximum absolute atomic E-state index is 6.22. The average molecular weight is 281 g/mol. The van der Waals surface area contributed by atoms with Crippen molar-refractivity contribution in [2.75, 3.05) is 24.7 Å². The van der Waals surface area contributed by atoms with Crippen molar-refractivity contribution in [2.45, 2.75) is 12.8 Å². The van der Waals surface area contributed by atoms with E-state index in [1.807, 2.05) is 24.3 Å². The van der Waals surface area contributed by atoms with Gasteiger partial charge in [-0.1, -0.05) is 55.5 Å². The van der Waals surface area contributed by atoms with Crippen molar-refractivity contribution in [1.29, 1.82) is 0 Å². The Morgan fingerprint density at radius 1 is 0.857 bits per heavy atom. The molecule has 0 spiro atoms. The van der Waals surface area contributed by atoms with Crippen LogP contribution in [0.2, 0.25) is 0 Å². The Balaban J connectivity index is 1.83. The lowest BCUT2D eigenvalue weighted by atomic mass is 9.86. The van der Waals surface area contributed by atoms with Crippen LogP contribution in [-0.2, 0) is 15.4 Å². The van der Waals surface area contributed by atoms with Gasteiger partial charge in [0.05, 0.1) is 13.2 Å². The van der Waals surface area contributed by atoms with E-state index in [-0.39, 0.29) is 5.41 Å². The second kappa shape index (κ2) is 4.58. The van der Waals surface area contributed by atoms with Crippen molar-refractivity contribution in [3.63, 3.8) is 0 Å². The van der Waals surface area contributed by atoms with E-state index in [9.17, 15) is 0 Å². The first-order valence-electron chi connectivity index (χ1n) is 7.38. The Labute approximate surface area is 125 Å². The number of benzene rings is 2. The Hall–Kier alpha value is -1.84. The van der Waals surface area contributed by atoms with Crippen molar-refractivity contribution in [1.82, 2.24) is 0 Å². The number of rotatable bonds is 2. The van der Waals surface area contributed by atoms with Gasteiger partial charge in [-0.15, -0.1) is 0 Å². The highest BCUT2D eigenvalue weighted by Crippen LogP contribution is 2.47. The third-order valence-corrected chi connectivity index (χ3v) is 4.33. The van der Waals surface area contributed by atoms with Crippen molar-refractivity contribution < 1.29 is 9.47 Å². The van der Waals surface area contributed by atoms with Gasteiger partial charge in [0.25, 0.3) is 5.91 Å². The summed E-state index contributed by atoms with van der Waals surface area (Å²) < 4.78 is 12.4. The normalized spacial score (nSPS) is 31.4. The zero-order valence-corrected chi connectivity index (χ0v) is 12.2. The molecular weight excluding hydrogens is 262 g/mol. The maximum atomic E-state index is 6.22. The molecule has 0 amide bonds. The zero-order chi connectivity index (χ0) is 14.3. The summed E-state index contributed by atoms with van der Waals surface area (Å²) in [7, 11) is 0. The van der Waals surface area contributed by atoms with Crippen LogP contribution in [0.4, 0.5) is 5.69 Å². The van der Waals surface area contributed by atoms with Crippen LogP contribution in [0, 0.1) is 5.41 Å². The quantitative estimate of drug-likeness (QED) is 0.842. The van der Waals surface area contributed by atoms with E-state index in [1.54, 1.807) is 0 Å². The van der Waals surface area contributed by atoms with E-state index in [1.165, 1.54) is 0 Å². The molecule has 3 fully saturated rings. The first-order chi connectivity index (χ1) is 10.2. The largest absolute Gasteiger partial charge is 0.328 e. The lowest BCUT2D eigenvalue weighted by Gasteiger charge is -2.58. The Kier molecular flexibility index (Phi) is 2.81. The molecule has 2 bridgehead atoms. The average Bonchev–Trinajstić information content (AvgIpc) is 2.57. The molecule has 3 heteroatoms. The van der Waals surface area contributed by atoms with Gasteiger partial charge >= 0.3 is 0 Å². The fourth-order valence-electron chi connectivity index (χ4n) is 3.20. The minimum absolute atomic E-state index is 0.0480. The summed E-state index contributed by atoms with van der Waals surface area (Å²) in [6.07, 6.45) is 0. The van der Waals surface area contributed by atoms with Crippen LogP contribution in [0.5, 0.6) is 0 Å². The summed E-state index contributed by atoms with van der Waals surface area (Å²) in [5.41, 5.74) is 2.23. The monoisotopic (exact) mass is 281 g/mol. The van der Waals surface area contributed by atoms with Crippen LogP contribution in [0.25, 0.3) is 0 Å². The number of anilines is 1. The van der Waals surface area contributed by atoms with E-state index in [0.29, 0.717) is 0 Å². The molecule has 3 nitrogen and oxygen atoms in total. The highest BCUT2D eigenvalue weighted by molar-refractivity contribution is 5.51. The summed E-state index contributed by atoms with van der Waals surface area (Å²) in [5.74, 6) is -0.791. The number of hydrogen-bond acceptors (Lipinski definition) is 3. The molecule has 0 N–H and O–H groups in total. The van der Waals surface area contributed by atoms with Crippen LogP contribution in [0.15, 0.2) is 60.7 Å². The summed E-state index contributed by atoms with van der Waals surface area (Å²) >= 11 is 0. The van der Waals surface area contributed by atoms with E-state index >= 15 is 0 Å². The van der Waals surface area contributed by atoms with Crippen LogP contribution >= 0.6 is 0 Å².